The van der Waals surface area contributed by atoms with Crippen LogP contribution in [0.15, 0.2) is 0 Å². The van der Waals surface area contributed by atoms with Gasteiger partial charge < -0.3 is 10.4 Å². The Bertz CT molecular complexity index is 132. The maximum atomic E-state index is 9.13. The van der Waals surface area contributed by atoms with Crippen LogP contribution in [0.1, 0.15) is 18.3 Å². The molecule has 1 saturated heterocycles. The molecule has 0 spiro atoms. The molecule has 0 bridgehead atoms. The fourth-order valence-electron chi connectivity index (χ4n) is 0.428. The van der Waals surface area contributed by atoms with E-state index in [1.165, 1.54) is 0 Å². The zero-order chi connectivity index (χ0) is 8.59. The summed E-state index contributed by atoms with van der Waals surface area (Å²) in [5, 5.41) is 11.5. The summed E-state index contributed by atoms with van der Waals surface area (Å²) in [6, 6.07) is 0. The zero-order valence-corrected chi connectivity index (χ0v) is 3.83. The van der Waals surface area contributed by atoms with Gasteiger partial charge in [-0.1, -0.05) is 0 Å². The third-order valence-electron chi connectivity index (χ3n) is 0.779. The SMILES string of the molecule is [2H]C1NC([2H])C([2H])C(O)C1[2H]. The van der Waals surface area contributed by atoms with Gasteiger partial charge in [-0.15, -0.1) is 0 Å². The minimum absolute atomic E-state index is 0.950. The van der Waals surface area contributed by atoms with Crippen LogP contribution in [-0.2, 0) is 0 Å². The first-order chi connectivity index (χ1) is 5.04. The van der Waals surface area contributed by atoms with E-state index in [1.54, 1.807) is 0 Å². The van der Waals surface area contributed by atoms with Crippen molar-refractivity contribution in [2.75, 3.05) is 13.0 Å². The normalized spacial score (nSPS) is 83.3. The summed E-state index contributed by atoms with van der Waals surface area (Å²) in [6.07, 6.45) is -3.21. The number of hydrogen-bond acceptors (Lipinski definition) is 2. The maximum absolute atomic E-state index is 9.13. The van der Waals surface area contributed by atoms with Crippen molar-refractivity contribution in [3.63, 3.8) is 0 Å². The van der Waals surface area contributed by atoms with E-state index >= 15 is 0 Å². The topological polar surface area (TPSA) is 32.3 Å². The van der Waals surface area contributed by atoms with E-state index in [4.69, 9.17) is 10.6 Å². The molecule has 1 heterocycles. The Balaban J connectivity index is 2.63. The summed E-state index contributed by atoms with van der Waals surface area (Å²) in [4.78, 5) is 0. The summed E-state index contributed by atoms with van der Waals surface area (Å²) >= 11 is 0. The first-order valence-electron chi connectivity index (χ1n) is 4.48. The Morgan fingerprint density at radius 3 is 2.71 bits per heavy atom. The molecular formula is C5H11NO. The average molecular weight is 105 g/mol. The molecule has 0 aromatic carbocycles. The smallest absolute Gasteiger partial charge is 0.0564 e. The number of hydrogen-bond donors (Lipinski definition) is 2. The van der Waals surface area contributed by atoms with Gasteiger partial charge in [0.05, 0.1) is 6.10 Å². The van der Waals surface area contributed by atoms with Crippen molar-refractivity contribution in [2.45, 2.75) is 18.9 Å². The Hall–Kier alpha value is -0.0800. The standard InChI is InChI=1S/C5H11NO/c7-5-1-3-6-4-2-5/h5-7H,1-4H2/i1D,2D,3D,4D. The average Bonchev–Trinajstić information content (AvgIpc) is 1.97. The summed E-state index contributed by atoms with van der Waals surface area (Å²) in [6.45, 7) is -1.90. The third-order valence-corrected chi connectivity index (χ3v) is 0.779. The van der Waals surface area contributed by atoms with Crippen molar-refractivity contribution in [2.24, 2.45) is 0 Å². The molecule has 1 rings (SSSR count). The van der Waals surface area contributed by atoms with Gasteiger partial charge in [0.1, 0.15) is 0 Å². The van der Waals surface area contributed by atoms with Gasteiger partial charge in [-0.05, 0) is 25.8 Å². The largest absolute Gasteiger partial charge is 0.393 e. The molecule has 1 aliphatic rings. The molecule has 4 atom stereocenters. The van der Waals surface area contributed by atoms with Crippen molar-refractivity contribution in [3.05, 3.63) is 0 Å². The minimum Gasteiger partial charge on any atom is -0.393 e. The third kappa shape index (κ3) is 1.45. The van der Waals surface area contributed by atoms with Gasteiger partial charge in [0.2, 0.25) is 0 Å². The fraction of sp³-hybridized carbons (Fsp3) is 1.00. The molecule has 2 nitrogen and oxygen atoms in total. The van der Waals surface area contributed by atoms with Crippen LogP contribution in [0.3, 0.4) is 0 Å². The quantitative estimate of drug-likeness (QED) is 0.444. The van der Waals surface area contributed by atoms with Gasteiger partial charge >= 0.3 is 0 Å². The van der Waals surface area contributed by atoms with Crippen LogP contribution in [0, 0.1) is 0 Å². The van der Waals surface area contributed by atoms with E-state index in [9.17, 15) is 0 Å². The first kappa shape index (κ1) is 2.03. The van der Waals surface area contributed by atoms with Gasteiger partial charge in [-0.3, -0.25) is 0 Å². The highest BCUT2D eigenvalue weighted by atomic mass is 16.3. The summed E-state index contributed by atoms with van der Waals surface area (Å²) < 4.78 is 28.7. The molecule has 0 aliphatic carbocycles. The monoisotopic (exact) mass is 105 g/mol. The van der Waals surface area contributed by atoms with E-state index < -0.39 is 31.9 Å². The van der Waals surface area contributed by atoms with Gasteiger partial charge in [-0.2, -0.15) is 0 Å². The predicted octanol–water partition coefficient (Wildman–Crippen LogP) is -0.269. The van der Waals surface area contributed by atoms with E-state index in [-0.39, 0.29) is 0 Å². The second-order valence-electron chi connectivity index (χ2n) is 1.38. The molecular weight excluding hydrogens is 90.1 g/mol. The lowest BCUT2D eigenvalue weighted by atomic mass is 10.1. The van der Waals surface area contributed by atoms with E-state index in [2.05, 4.69) is 5.32 Å². The van der Waals surface area contributed by atoms with Gasteiger partial charge in [0.25, 0.3) is 0 Å². The Labute approximate surface area is 49.2 Å². The Morgan fingerprint density at radius 2 is 2.14 bits per heavy atom. The van der Waals surface area contributed by atoms with Crippen molar-refractivity contribution in [1.82, 2.24) is 5.32 Å². The van der Waals surface area contributed by atoms with Gasteiger partial charge in [-0.25, -0.2) is 0 Å². The van der Waals surface area contributed by atoms with Crippen LogP contribution in [0.4, 0.5) is 0 Å². The second kappa shape index (κ2) is 2.28. The van der Waals surface area contributed by atoms with Crippen LogP contribution in [0.25, 0.3) is 0 Å². The minimum atomic E-state index is -1.18. The van der Waals surface area contributed by atoms with Crippen LogP contribution in [-0.4, -0.2) is 24.3 Å². The Morgan fingerprint density at radius 1 is 1.57 bits per heavy atom. The molecule has 0 aromatic heterocycles. The molecule has 4 unspecified atom stereocenters. The number of rotatable bonds is 0. The first-order valence-corrected chi connectivity index (χ1v) is 2.17. The van der Waals surface area contributed by atoms with Gasteiger partial charge in [0.15, 0.2) is 0 Å². The molecule has 1 aliphatic heterocycles. The molecule has 0 aromatic rings. The van der Waals surface area contributed by atoms with Crippen LogP contribution in [0.5, 0.6) is 0 Å². The predicted molar refractivity (Wildman–Crippen MR) is 28.1 cm³/mol. The molecule has 2 heteroatoms. The highest BCUT2D eigenvalue weighted by Crippen LogP contribution is 1.99. The molecule has 0 amide bonds. The number of nitrogens with one attached hydrogen (secondary N) is 1. The van der Waals surface area contributed by atoms with Crippen molar-refractivity contribution < 1.29 is 10.6 Å². The van der Waals surface area contributed by atoms with Crippen molar-refractivity contribution in [1.29, 1.82) is 0 Å². The lowest BCUT2D eigenvalue weighted by Gasteiger charge is -2.16. The van der Waals surface area contributed by atoms with E-state index in [1.807, 2.05) is 0 Å². The van der Waals surface area contributed by atoms with Gasteiger partial charge in [0, 0.05) is 5.48 Å². The van der Waals surface area contributed by atoms with Crippen molar-refractivity contribution >= 4 is 0 Å². The summed E-state index contributed by atoms with van der Waals surface area (Å²) in [5.74, 6) is 0. The molecule has 0 radical (unpaired) electrons. The van der Waals surface area contributed by atoms with Crippen LogP contribution in [0.2, 0.25) is 0 Å². The molecule has 42 valence electrons. The lowest BCUT2D eigenvalue weighted by Crippen LogP contribution is -2.30. The summed E-state index contributed by atoms with van der Waals surface area (Å²) in [5.41, 5.74) is 0. The lowest BCUT2D eigenvalue weighted by molar-refractivity contribution is 0.137. The Kier molecular flexibility index (Phi) is 0.664. The molecule has 0 saturated carbocycles. The summed E-state index contributed by atoms with van der Waals surface area (Å²) in [7, 11) is 0. The number of aliphatic hydroxyl groups excluding tert-OH is 1. The zero-order valence-electron chi connectivity index (χ0n) is 7.83. The van der Waals surface area contributed by atoms with Crippen LogP contribution >= 0.6 is 0 Å². The maximum Gasteiger partial charge on any atom is 0.0564 e. The van der Waals surface area contributed by atoms with E-state index in [0.717, 1.165) is 0 Å². The molecule has 7 heavy (non-hydrogen) atoms. The van der Waals surface area contributed by atoms with Crippen LogP contribution < -0.4 is 5.32 Å². The highest BCUT2D eigenvalue weighted by molar-refractivity contribution is 4.65. The second-order valence-corrected chi connectivity index (χ2v) is 1.38. The number of aliphatic hydroxyl groups is 1. The molecule has 2 N–H and O–H groups in total. The van der Waals surface area contributed by atoms with E-state index in [0.29, 0.717) is 0 Å². The molecule has 1 fully saturated rings. The van der Waals surface area contributed by atoms with Crippen molar-refractivity contribution in [3.8, 4) is 0 Å². The highest BCUT2D eigenvalue weighted by Gasteiger charge is 2.06. The number of piperidine rings is 1. The fourth-order valence-corrected chi connectivity index (χ4v) is 0.428.